The fraction of sp³-hybridized carbons (Fsp3) is 0.737. The summed E-state index contributed by atoms with van der Waals surface area (Å²) in [5.74, 6) is 0.381. The Morgan fingerprint density at radius 3 is 2.64 bits per heavy atom. The summed E-state index contributed by atoms with van der Waals surface area (Å²) in [6.45, 7) is 8.20. The van der Waals surface area contributed by atoms with Gasteiger partial charge < -0.3 is 9.47 Å². The Hall–Kier alpha value is -1.64. The molecule has 154 valence electrons. The predicted octanol–water partition coefficient (Wildman–Crippen LogP) is 2.65. The first-order valence-electron chi connectivity index (χ1n) is 10.0. The topological polar surface area (TPSA) is 74.4 Å². The minimum atomic E-state index is -0.118. The van der Waals surface area contributed by atoms with E-state index in [1.807, 2.05) is 20.8 Å². The van der Waals surface area contributed by atoms with Crippen LogP contribution in [0.2, 0.25) is 5.28 Å². The average Bonchev–Trinajstić information content (AvgIpc) is 3.33. The van der Waals surface area contributed by atoms with Gasteiger partial charge in [0, 0.05) is 18.7 Å². The quantitative estimate of drug-likeness (QED) is 0.707. The van der Waals surface area contributed by atoms with Gasteiger partial charge in [-0.05, 0) is 65.2 Å². The van der Waals surface area contributed by atoms with Gasteiger partial charge in [0.05, 0.1) is 12.6 Å². The summed E-state index contributed by atoms with van der Waals surface area (Å²) in [7, 11) is 2.11. The van der Waals surface area contributed by atoms with E-state index in [2.05, 4.69) is 21.9 Å². The van der Waals surface area contributed by atoms with Gasteiger partial charge in [0.1, 0.15) is 6.10 Å². The van der Waals surface area contributed by atoms with Crippen LogP contribution in [0.15, 0.2) is 4.79 Å². The van der Waals surface area contributed by atoms with Gasteiger partial charge >= 0.3 is 5.69 Å². The fourth-order valence-corrected chi connectivity index (χ4v) is 4.64. The van der Waals surface area contributed by atoms with Crippen molar-refractivity contribution in [1.29, 1.82) is 0 Å². The SMILES string of the molecule is CC(C)n1c(=O)n([C@@H]2CCOC2)c2nc(Cl)nc(O[C@@H](C)[C@@H]3CCCN3C)c21. The molecule has 2 aliphatic rings. The number of aromatic nitrogens is 4. The van der Waals surface area contributed by atoms with Crippen molar-refractivity contribution >= 4 is 22.8 Å². The second kappa shape index (κ2) is 7.65. The molecule has 0 radical (unpaired) electrons. The van der Waals surface area contributed by atoms with Crippen LogP contribution in [0, 0.1) is 0 Å². The molecule has 3 atom stereocenters. The van der Waals surface area contributed by atoms with Crippen molar-refractivity contribution in [3.63, 3.8) is 0 Å². The molecular formula is C19H28ClN5O3. The third-order valence-electron chi connectivity index (χ3n) is 5.89. The lowest BCUT2D eigenvalue weighted by molar-refractivity contribution is 0.118. The standard InChI is InChI=1S/C19H28ClN5O3/c1-11(2)24-15-16(25(19(24)26)13-7-9-27-10-13)21-18(20)22-17(15)28-12(3)14-6-5-8-23(14)4/h11-14H,5-10H2,1-4H3/t12-,13+,14-/m0/s1. The van der Waals surface area contributed by atoms with Crippen LogP contribution >= 0.6 is 11.6 Å². The van der Waals surface area contributed by atoms with Crippen molar-refractivity contribution in [2.24, 2.45) is 0 Å². The molecule has 8 nitrogen and oxygen atoms in total. The Morgan fingerprint density at radius 1 is 1.25 bits per heavy atom. The number of fused-ring (bicyclic) bond motifs is 1. The maximum Gasteiger partial charge on any atom is 0.331 e. The maximum atomic E-state index is 13.3. The average molecular weight is 410 g/mol. The highest BCUT2D eigenvalue weighted by Gasteiger charge is 2.32. The highest BCUT2D eigenvalue weighted by molar-refractivity contribution is 6.28. The molecule has 2 aromatic heterocycles. The van der Waals surface area contributed by atoms with Gasteiger partial charge in [-0.25, -0.2) is 4.79 Å². The zero-order valence-corrected chi connectivity index (χ0v) is 17.6. The molecule has 0 amide bonds. The molecule has 2 aromatic rings. The smallest absolute Gasteiger partial charge is 0.331 e. The molecule has 0 bridgehead atoms. The lowest BCUT2D eigenvalue weighted by Crippen LogP contribution is -2.38. The van der Waals surface area contributed by atoms with E-state index in [1.54, 1.807) is 9.13 Å². The van der Waals surface area contributed by atoms with Crippen LogP contribution in [0.25, 0.3) is 11.2 Å². The van der Waals surface area contributed by atoms with E-state index in [9.17, 15) is 4.79 Å². The van der Waals surface area contributed by atoms with Gasteiger partial charge in [-0.3, -0.25) is 14.0 Å². The molecule has 2 saturated heterocycles. The van der Waals surface area contributed by atoms with E-state index in [1.165, 1.54) is 0 Å². The van der Waals surface area contributed by atoms with E-state index in [0.717, 1.165) is 25.8 Å². The predicted molar refractivity (Wildman–Crippen MR) is 107 cm³/mol. The van der Waals surface area contributed by atoms with Gasteiger partial charge in [0.15, 0.2) is 11.2 Å². The lowest BCUT2D eigenvalue weighted by atomic mass is 10.1. The first-order chi connectivity index (χ1) is 13.4. The Morgan fingerprint density at radius 2 is 2.04 bits per heavy atom. The van der Waals surface area contributed by atoms with Crippen molar-refractivity contribution in [2.45, 2.75) is 64.3 Å². The monoisotopic (exact) mass is 409 g/mol. The summed E-state index contributed by atoms with van der Waals surface area (Å²) < 4.78 is 15.2. The third-order valence-corrected chi connectivity index (χ3v) is 6.06. The largest absolute Gasteiger partial charge is 0.471 e. The van der Waals surface area contributed by atoms with E-state index in [4.69, 9.17) is 21.1 Å². The Balaban J connectivity index is 1.84. The molecule has 2 fully saturated rings. The number of likely N-dealkylation sites (N-methyl/N-ethyl adjacent to an activating group) is 1. The summed E-state index contributed by atoms with van der Waals surface area (Å²) in [6.07, 6.45) is 2.94. The van der Waals surface area contributed by atoms with E-state index in [0.29, 0.717) is 36.3 Å². The first-order valence-corrected chi connectivity index (χ1v) is 10.4. The molecule has 2 aliphatic heterocycles. The molecule has 0 unspecified atom stereocenters. The summed E-state index contributed by atoms with van der Waals surface area (Å²) in [4.78, 5) is 24.4. The van der Waals surface area contributed by atoms with Crippen LogP contribution < -0.4 is 10.4 Å². The van der Waals surface area contributed by atoms with E-state index >= 15 is 0 Å². The molecular weight excluding hydrogens is 382 g/mol. The molecule has 4 heterocycles. The molecule has 0 saturated carbocycles. The Labute approximate surface area is 169 Å². The molecule has 0 N–H and O–H groups in total. The molecule has 9 heteroatoms. The van der Waals surface area contributed by atoms with Crippen molar-refractivity contribution in [3.05, 3.63) is 15.8 Å². The van der Waals surface area contributed by atoms with Gasteiger partial charge in [-0.1, -0.05) is 0 Å². The number of halogens is 1. The molecule has 0 aliphatic carbocycles. The third kappa shape index (κ3) is 3.31. The van der Waals surface area contributed by atoms with Gasteiger partial charge in [0.2, 0.25) is 11.2 Å². The van der Waals surface area contributed by atoms with Crippen LogP contribution in [0.3, 0.4) is 0 Å². The fourth-order valence-electron chi connectivity index (χ4n) is 4.48. The van der Waals surface area contributed by atoms with Crippen molar-refractivity contribution < 1.29 is 9.47 Å². The van der Waals surface area contributed by atoms with E-state index in [-0.39, 0.29) is 29.2 Å². The molecule has 0 aromatic carbocycles. The number of ether oxygens (including phenoxy) is 2. The van der Waals surface area contributed by atoms with Crippen molar-refractivity contribution in [3.8, 4) is 5.88 Å². The highest BCUT2D eigenvalue weighted by atomic mass is 35.5. The van der Waals surface area contributed by atoms with Gasteiger partial charge in [-0.2, -0.15) is 9.97 Å². The van der Waals surface area contributed by atoms with Crippen LogP contribution in [0.4, 0.5) is 0 Å². The van der Waals surface area contributed by atoms with Crippen LogP contribution in [-0.2, 0) is 4.74 Å². The van der Waals surface area contributed by atoms with Gasteiger partial charge in [0.25, 0.3) is 0 Å². The lowest BCUT2D eigenvalue weighted by Gasteiger charge is -2.26. The number of nitrogens with zero attached hydrogens (tertiary/aromatic N) is 5. The molecule has 28 heavy (non-hydrogen) atoms. The maximum absolute atomic E-state index is 13.3. The molecule has 0 spiro atoms. The Bertz CT molecular complexity index is 918. The van der Waals surface area contributed by atoms with Gasteiger partial charge in [-0.15, -0.1) is 0 Å². The van der Waals surface area contributed by atoms with Crippen molar-refractivity contribution in [2.75, 3.05) is 26.8 Å². The number of imidazole rings is 1. The van der Waals surface area contributed by atoms with E-state index < -0.39 is 0 Å². The zero-order valence-electron chi connectivity index (χ0n) is 16.9. The number of rotatable bonds is 5. The first kappa shape index (κ1) is 19.7. The second-order valence-corrected chi connectivity index (χ2v) is 8.45. The normalized spacial score (nSPS) is 24.5. The summed E-state index contributed by atoms with van der Waals surface area (Å²) in [5, 5.41) is 0.0862. The number of hydrogen-bond donors (Lipinski definition) is 0. The number of hydrogen-bond acceptors (Lipinski definition) is 6. The second-order valence-electron chi connectivity index (χ2n) is 8.12. The van der Waals surface area contributed by atoms with Crippen LogP contribution in [0.1, 0.15) is 52.1 Å². The van der Waals surface area contributed by atoms with Crippen LogP contribution in [0.5, 0.6) is 5.88 Å². The highest BCUT2D eigenvalue weighted by Crippen LogP contribution is 2.31. The van der Waals surface area contributed by atoms with Crippen LogP contribution in [-0.4, -0.2) is 63.0 Å². The minimum Gasteiger partial charge on any atom is -0.471 e. The Kier molecular flexibility index (Phi) is 5.37. The summed E-state index contributed by atoms with van der Waals surface area (Å²) >= 11 is 6.25. The van der Waals surface area contributed by atoms with Crippen molar-refractivity contribution in [1.82, 2.24) is 24.0 Å². The zero-order chi connectivity index (χ0) is 20.0. The number of likely N-dealkylation sites (tertiary alicyclic amines) is 1. The summed E-state index contributed by atoms with van der Waals surface area (Å²) in [6, 6.07) is 0.204. The summed E-state index contributed by atoms with van der Waals surface area (Å²) in [5.41, 5.74) is 1.02. The molecule has 4 rings (SSSR count). The minimum absolute atomic E-state index is 0.0489.